The average molecular weight is 401 g/mol. The lowest BCUT2D eigenvalue weighted by molar-refractivity contribution is -0.137. The number of esters is 1. The van der Waals surface area contributed by atoms with Crippen molar-refractivity contribution in [1.29, 1.82) is 0 Å². The van der Waals surface area contributed by atoms with Crippen molar-refractivity contribution in [3.8, 4) is 0 Å². The number of nitrogens with zero attached hydrogens (tertiary/aromatic N) is 1. The van der Waals surface area contributed by atoms with Crippen molar-refractivity contribution >= 4 is 16.0 Å². The SMILES string of the molecule is COC(=O)C1=C(O)C[C@@H](c2ccccc2)N(S(=O)(=O)c2ccc(C)cc2)[C@H]1C. The van der Waals surface area contributed by atoms with Crippen LogP contribution in [0.5, 0.6) is 0 Å². The molecular formula is C21H23NO5S. The molecule has 2 aromatic carbocycles. The highest BCUT2D eigenvalue weighted by molar-refractivity contribution is 7.89. The summed E-state index contributed by atoms with van der Waals surface area (Å²) in [5, 5.41) is 10.5. The first-order valence-corrected chi connectivity index (χ1v) is 10.4. The van der Waals surface area contributed by atoms with Crippen LogP contribution in [0.4, 0.5) is 0 Å². The van der Waals surface area contributed by atoms with E-state index in [1.807, 2.05) is 37.3 Å². The van der Waals surface area contributed by atoms with Gasteiger partial charge in [-0.2, -0.15) is 4.31 Å². The molecule has 0 unspecified atom stereocenters. The van der Waals surface area contributed by atoms with Crippen LogP contribution in [0.25, 0.3) is 0 Å². The maximum Gasteiger partial charge on any atom is 0.338 e. The monoisotopic (exact) mass is 401 g/mol. The number of carbonyl (C=O) groups is 1. The second-order valence-corrected chi connectivity index (χ2v) is 8.65. The van der Waals surface area contributed by atoms with Crippen LogP contribution in [-0.4, -0.2) is 37.0 Å². The average Bonchev–Trinajstić information content (AvgIpc) is 2.68. The summed E-state index contributed by atoms with van der Waals surface area (Å²) in [6.07, 6.45) is -0.0100. The van der Waals surface area contributed by atoms with Gasteiger partial charge in [0.25, 0.3) is 0 Å². The molecule has 0 saturated heterocycles. The number of benzene rings is 2. The summed E-state index contributed by atoms with van der Waals surface area (Å²) >= 11 is 0. The van der Waals surface area contributed by atoms with Gasteiger partial charge in [-0.25, -0.2) is 13.2 Å². The van der Waals surface area contributed by atoms with Crippen LogP contribution < -0.4 is 0 Å². The predicted octanol–water partition coefficient (Wildman–Crippen LogP) is 3.50. The Kier molecular flexibility index (Phi) is 5.58. The largest absolute Gasteiger partial charge is 0.512 e. The number of sulfonamides is 1. The Morgan fingerprint density at radius 3 is 2.29 bits per heavy atom. The molecule has 0 aromatic heterocycles. The highest BCUT2D eigenvalue weighted by Gasteiger charge is 2.44. The molecule has 7 heteroatoms. The van der Waals surface area contributed by atoms with E-state index >= 15 is 0 Å². The Bertz CT molecular complexity index is 997. The van der Waals surface area contributed by atoms with Crippen LogP contribution in [0.3, 0.4) is 0 Å². The molecule has 2 aromatic rings. The number of rotatable bonds is 4. The number of aryl methyl sites for hydroxylation is 1. The molecule has 6 nitrogen and oxygen atoms in total. The number of carbonyl (C=O) groups excluding carboxylic acids is 1. The molecule has 1 aliphatic heterocycles. The highest BCUT2D eigenvalue weighted by Crippen LogP contribution is 2.41. The van der Waals surface area contributed by atoms with Crippen LogP contribution >= 0.6 is 0 Å². The molecule has 1 N–H and O–H groups in total. The summed E-state index contributed by atoms with van der Waals surface area (Å²) in [4.78, 5) is 12.4. The van der Waals surface area contributed by atoms with Crippen molar-refractivity contribution in [1.82, 2.24) is 4.31 Å². The van der Waals surface area contributed by atoms with Crippen LogP contribution in [-0.2, 0) is 19.6 Å². The van der Waals surface area contributed by atoms with Gasteiger partial charge in [0.1, 0.15) is 5.76 Å². The Morgan fingerprint density at radius 1 is 1.11 bits per heavy atom. The Balaban J connectivity index is 2.17. The third-order valence-electron chi connectivity index (χ3n) is 4.99. The fourth-order valence-corrected chi connectivity index (χ4v) is 5.34. The number of aliphatic hydroxyl groups is 1. The second-order valence-electron chi connectivity index (χ2n) is 6.81. The molecule has 0 spiro atoms. The van der Waals surface area contributed by atoms with Crippen LogP contribution in [0.2, 0.25) is 0 Å². The normalized spacial score (nSPS) is 20.8. The van der Waals surface area contributed by atoms with Gasteiger partial charge in [0, 0.05) is 6.42 Å². The molecule has 0 aliphatic carbocycles. The molecule has 1 aliphatic rings. The molecule has 148 valence electrons. The van der Waals surface area contributed by atoms with Gasteiger partial charge < -0.3 is 9.84 Å². The Morgan fingerprint density at radius 2 is 1.71 bits per heavy atom. The summed E-state index contributed by atoms with van der Waals surface area (Å²) in [6.45, 7) is 3.46. The standard InChI is InChI=1S/C21H23NO5S/c1-14-9-11-17(12-10-14)28(25,26)22-15(2)20(21(24)27-3)19(23)13-18(22)16-7-5-4-6-8-16/h4-12,15,18,23H,13H2,1-3H3/t15-,18-/m0/s1. The predicted molar refractivity (Wildman–Crippen MR) is 105 cm³/mol. The van der Waals surface area contributed by atoms with Gasteiger partial charge in [0.15, 0.2) is 0 Å². The number of hydrogen-bond donors (Lipinski definition) is 1. The fraction of sp³-hybridized carbons (Fsp3) is 0.286. The van der Waals surface area contributed by atoms with E-state index in [0.717, 1.165) is 11.1 Å². The van der Waals surface area contributed by atoms with Crippen LogP contribution in [0, 0.1) is 6.92 Å². The van der Waals surface area contributed by atoms with E-state index in [4.69, 9.17) is 4.74 Å². The minimum absolute atomic E-state index is 0.0100. The molecule has 1 heterocycles. The van der Waals surface area contributed by atoms with Gasteiger partial charge in [-0.15, -0.1) is 0 Å². The molecule has 28 heavy (non-hydrogen) atoms. The maximum absolute atomic E-state index is 13.5. The number of methoxy groups -OCH3 is 1. The Hall–Kier alpha value is -2.64. The van der Waals surface area contributed by atoms with E-state index in [1.165, 1.54) is 11.4 Å². The minimum Gasteiger partial charge on any atom is -0.512 e. The number of hydrogen-bond acceptors (Lipinski definition) is 5. The van der Waals surface area contributed by atoms with Gasteiger partial charge in [0.05, 0.1) is 29.7 Å². The molecule has 0 amide bonds. The van der Waals surface area contributed by atoms with Crippen LogP contribution in [0.15, 0.2) is 70.8 Å². The summed E-state index contributed by atoms with van der Waals surface area (Å²) in [6, 6.07) is 14.1. The number of ether oxygens (including phenoxy) is 1. The van der Waals surface area contributed by atoms with Crippen molar-refractivity contribution in [3.05, 3.63) is 77.1 Å². The summed E-state index contributed by atoms with van der Waals surface area (Å²) in [5.74, 6) is -0.885. The van der Waals surface area contributed by atoms with Crippen molar-refractivity contribution in [2.24, 2.45) is 0 Å². The first-order chi connectivity index (χ1) is 13.3. The summed E-state index contributed by atoms with van der Waals surface area (Å²) < 4.78 is 33.1. The van der Waals surface area contributed by atoms with E-state index < -0.39 is 28.1 Å². The van der Waals surface area contributed by atoms with Crippen molar-refractivity contribution in [3.63, 3.8) is 0 Å². The summed E-state index contributed by atoms with van der Waals surface area (Å²) in [7, 11) is -2.74. The zero-order chi connectivity index (χ0) is 20.5. The van der Waals surface area contributed by atoms with E-state index in [0.29, 0.717) is 0 Å². The summed E-state index contributed by atoms with van der Waals surface area (Å²) in [5.41, 5.74) is 1.64. The van der Waals surface area contributed by atoms with Gasteiger partial charge in [-0.3, -0.25) is 0 Å². The lowest BCUT2D eigenvalue weighted by Crippen LogP contribution is -2.47. The van der Waals surface area contributed by atoms with E-state index in [1.54, 1.807) is 31.2 Å². The van der Waals surface area contributed by atoms with Gasteiger partial charge in [-0.1, -0.05) is 48.0 Å². The smallest absolute Gasteiger partial charge is 0.338 e. The van der Waals surface area contributed by atoms with E-state index in [-0.39, 0.29) is 22.6 Å². The zero-order valence-electron chi connectivity index (χ0n) is 16.0. The van der Waals surface area contributed by atoms with Crippen molar-refractivity contribution < 1.29 is 23.1 Å². The first kappa shape index (κ1) is 20.1. The third kappa shape index (κ3) is 3.55. The Labute approximate surface area is 165 Å². The van der Waals surface area contributed by atoms with Gasteiger partial charge in [-0.05, 0) is 31.5 Å². The first-order valence-electron chi connectivity index (χ1n) is 8.93. The molecule has 0 fully saturated rings. The molecule has 3 rings (SSSR count). The highest BCUT2D eigenvalue weighted by atomic mass is 32.2. The van der Waals surface area contributed by atoms with Gasteiger partial charge in [0.2, 0.25) is 10.0 Å². The number of aliphatic hydroxyl groups excluding tert-OH is 1. The zero-order valence-corrected chi connectivity index (χ0v) is 16.8. The topological polar surface area (TPSA) is 83.9 Å². The molecule has 2 atom stereocenters. The van der Waals surface area contributed by atoms with E-state index in [9.17, 15) is 18.3 Å². The minimum atomic E-state index is -3.94. The third-order valence-corrected chi connectivity index (χ3v) is 6.98. The second kappa shape index (κ2) is 7.77. The quantitative estimate of drug-likeness (QED) is 0.793. The molecule has 0 radical (unpaired) electrons. The molecule has 0 saturated carbocycles. The van der Waals surface area contributed by atoms with Crippen molar-refractivity contribution in [2.75, 3.05) is 7.11 Å². The van der Waals surface area contributed by atoms with E-state index in [2.05, 4.69) is 0 Å². The molecule has 0 bridgehead atoms. The van der Waals surface area contributed by atoms with Gasteiger partial charge >= 0.3 is 5.97 Å². The lowest BCUT2D eigenvalue weighted by Gasteiger charge is -2.40. The lowest BCUT2D eigenvalue weighted by atomic mass is 9.92. The maximum atomic E-state index is 13.5. The van der Waals surface area contributed by atoms with Crippen molar-refractivity contribution in [2.45, 2.75) is 37.2 Å². The van der Waals surface area contributed by atoms with Crippen LogP contribution in [0.1, 0.15) is 30.5 Å². The fourth-order valence-electron chi connectivity index (χ4n) is 3.57. The molecular weight excluding hydrogens is 378 g/mol.